The van der Waals surface area contributed by atoms with Crippen LogP contribution in [0.4, 0.5) is 0 Å². The zero-order valence-corrected chi connectivity index (χ0v) is 13.9. The van der Waals surface area contributed by atoms with Crippen LogP contribution in [0.15, 0.2) is 46.1 Å². The minimum absolute atomic E-state index is 0.241. The lowest BCUT2D eigenvalue weighted by Crippen LogP contribution is -2.22. The molecule has 0 aliphatic heterocycles. The van der Waals surface area contributed by atoms with Crippen molar-refractivity contribution in [1.29, 1.82) is 0 Å². The van der Waals surface area contributed by atoms with E-state index in [4.69, 9.17) is 4.74 Å². The van der Waals surface area contributed by atoms with Crippen LogP contribution in [0.1, 0.15) is 5.56 Å². The summed E-state index contributed by atoms with van der Waals surface area (Å²) in [5.74, 6) is 0.751. The number of rotatable bonds is 5. The third kappa shape index (κ3) is 2.75. The van der Waals surface area contributed by atoms with Crippen LogP contribution in [0.25, 0.3) is 10.9 Å². The van der Waals surface area contributed by atoms with Crippen LogP contribution >= 0.6 is 11.3 Å². The maximum absolute atomic E-state index is 12.2. The van der Waals surface area contributed by atoms with Crippen molar-refractivity contribution in [2.24, 2.45) is 7.05 Å². The smallest absolute Gasteiger partial charge is 0.250 e. The van der Waals surface area contributed by atoms with Gasteiger partial charge in [0.1, 0.15) is 9.96 Å². The Kier molecular flexibility index (Phi) is 3.94. The van der Waals surface area contributed by atoms with Crippen molar-refractivity contribution in [1.82, 2.24) is 9.29 Å². The van der Waals surface area contributed by atoms with Crippen LogP contribution in [-0.4, -0.2) is 20.1 Å². The van der Waals surface area contributed by atoms with Crippen molar-refractivity contribution in [3.63, 3.8) is 0 Å². The Hall–Kier alpha value is -1.83. The number of nitrogens with zero attached hydrogens (tertiary/aromatic N) is 1. The summed E-state index contributed by atoms with van der Waals surface area (Å²) in [6, 6.07) is 9.10. The molecule has 0 fully saturated rings. The average molecular weight is 336 g/mol. The molecule has 1 aromatic carbocycles. The molecular weight excluding hydrogens is 320 g/mol. The fourth-order valence-corrected chi connectivity index (χ4v) is 4.42. The van der Waals surface area contributed by atoms with Gasteiger partial charge in [0, 0.05) is 30.7 Å². The molecule has 2 heterocycles. The van der Waals surface area contributed by atoms with E-state index in [0.29, 0.717) is 4.21 Å². The monoisotopic (exact) mass is 336 g/mol. The fourth-order valence-electron chi connectivity index (χ4n) is 2.38. The van der Waals surface area contributed by atoms with E-state index in [1.165, 1.54) is 11.3 Å². The lowest BCUT2D eigenvalue weighted by Gasteiger charge is -2.05. The van der Waals surface area contributed by atoms with Crippen molar-refractivity contribution in [3.05, 3.63) is 47.5 Å². The Bertz CT molecular complexity index is 896. The summed E-state index contributed by atoms with van der Waals surface area (Å²) in [5, 5.41) is 2.73. The lowest BCUT2D eigenvalue weighted by molar-refractivity contribution is 0.415. The summed E-state index contributed by atoms with van der Waals surface area (Å²) >= 11 is 1.20. The summed E-state index contributed by atoms with van der Waals surface area (Å²) in [5.41, 5.74) is 1.95. The quantitative estimate of drug-likeness (QED) is 0.779. The number of benzene rings is 1. The van der Waals surface area contributed by atoms with Crippen molar-refractivity contribution in [2.75, 3.05) is 7.11 Å². The fraction of sp³-hybridized carbons (Fsp3) is 0.200. The number of thiophene rings is 1. The van der Waals surface area contributed by atoms with E-state index in [9.17, 15) is 8.42 Å². The molecule has 0 aliphatic rings. The van der Waals surface area contributed by atoms with Crippen molar-refractivity contribution < 1.29 is 13.2 Å². The van der Waals surface area contributed by atoms with Gasteiger partial charge in [-0.05, 0) is 35.2 Å². The number of fused-ring (bicyclic) bond motifs is 1. The highest BCUT2D eigenvalue weighted by Crippen LogP contribution is 2.26. The second kappa shape index (κ2) is 5.75. The van der Waals surface area contributed by atoms with Gasteiger partial charge in [0.2, 0.25) is 10.0 Å². The molecule has 0 atom stereocenters. The van der Waals surface area contributed by atoms with E-state index in [-0.39, 0.29) is 6.54 Å². The van der Waals surface area contributed by atoms with E-state index < -0.39 is 10.0 Å². The third-order valence-electron chi connectivity index (χ3n) is 3.49. The second-order valence-corrected chi connectivity index (χ2v) is 7.85. The minimum Gasteiger partial charge on any atom is -0.497 e. The number of aryl methyl sites for hydroxylation is 1. The molecule has 7 heteroatoms. The maximum Gasteiger partial charge on any atom is 0.250 e. The molecule has 3 rings (SSSR count). The maximum atomic E-state index is 12.2. The SMILES string of the molecule is COc1ccc2c(c1)c(CNS(=O)(=O)c1cccs1)cn2C. The Morgan fingerprint density at radius 3 is 2.82 bits per heavy atom. The summed E-state index contributed by atoms with van der Waals surface area (Å²) in [6.45, 7) is 0.241. The molecular formula is C15H16N2O3S2. The van der Waals surface area contributed by atoms with Gasteiger partial charge in [-0.2, -0.15) is 0 Å². The van der Waals surface area contributed by atoms with E-state index >= 15 is 0 Å². The highest BCUT2D eigenvalue weighted by atomic mass is 32.2. The first-order valence-electron chi connectivity index (χ1n) is 6.66. The summed E-state index contributed by atoms with van der Waals surface area (Å²) in [4.78, 5) is 0. The van der Waals surface area contributed by atoms with Crippen molar-refractivity contribution in [2.45, 2.75) is 10.8 Å². The summed E-state index contributed by atoms with van der Waals surface area (Å²) < 4.78 is 34.6. The standard InChI is InChI=1S/C15H16N2O3S2/c1-17-10-11(13-8-12(20-2)5-6-14(13)17)9-16-22(18,19)15-4-3-7-21-15/h3-8,10,16H,9H2,1-2H3. The molecule has 0 amide bonds. The van der Waals surface area contributed by atoms with Crippen LogP contribution in [0.3, 0.4) is 0 Å². The van der Waals surface area contributed by atoms with Crippen LogP contribution in [-0.2, 0) is 23.6 Å². The summed E-state index contributed by atoms with van der Waals surface area (Å²) in [7, 11) is 0.0887. The van der Waals surface area contributed by atoms with Gasteiger partial charge < -0.3 is 9.30 Å². The Morgan fingerprint density at radius 1 is 1.32 bits per heavy atom. The molecule has 0 bridgehead atoms. The lowest BCUT2D eigenvalue weighted by atomic mass is 10.1. The summed E-state index contributed by atoms with van der Waals surface area (Å²) in [6.07, 6.45) is 1.93. The topological polar surface area (TPSA) is 60.3 Å². The van der Waals surface area contributed by atoms with Crippen LogP contribution < -0.4 is 9.46 Å². The number of hydrogen-bond acceptors (Lipinski definition) is 4. The van der Waals surface area contributed by atoms with Gasteiger partial charge >= 0.3 is 0 Å². The Labute approximate surface area is 133 Å². The molecule has 3 aromatic rings. The first-order chi connectivity index (χ1) is 10.5. The normalized spacial score (nSPS) is 11.9. The van der Waals surface area contributed by atoms with Gasteiger partial charge in [0.05, 0.1) is 7.11 Å². The van der Waals surface area contributed by atoms with Crippen molar-refractivity contribution in [3.8, 4) is 5.75 Å². The Morgan fingerprint density at radius 2 is 2.14 bits per heavy atom. The molecule has 0 unspecified atom stereocenters. The predicted octanol–water partition coefficient (Wildman–Crippen LogP) is 2.73. The van der Waals surface area contributed by atoms with Gasteiger partial charge in [0.15, 0.2) is 0 Å². The molecule has 1 N–H and O–H groups in total. The van der Waals surface area contributed by atoms with E-state index in [1.54, 1.807) is 24.6 Å². The number of hydrogen-bond donors (Lipinski definition) is 1. The largest absolute Gasteiger partial charge is 0.497 e. The second-order valence-electron chi connectivity index (χ2n) is 4.90. The van der Waals surface area contributed by atoms with E-state index in [2.05, 4.69) is 4.72 Å². The van der Waals surface area contributed by atoms with E-state index in [1.807, 2.05) is 36.0 Å². The van der Waals surface area contributed by atoms with Gasteiger partial charge in [-0.3, -0.25) is 0 Å². The molecule has 0 spiro atoms. The third-order valence-corrected chi connectivity index (χ3v) is 6.29. The Balaban J connectivity index is 1.91. The predicted molar refractivity (Wildman–Crippen MR) is 87.8 cm³/mol. The first kappa shape index (κ1) is 15.1. The number of aromatic nitrogens is 1. The van der Waals surface area contributed by atoms with Gasteiger partial charge in [-0.1, -0.05) is 6.07 Å². The van der Waals surface area contributed by atoms with Crippen LogP contribution in [0.5, 0.6) is 5.75 Å². The number of nitrogens with one attached hydrogen (secondary N) is 1. The molecule has 0 saturated heterocycles. The van der Waals surface area contributed by atoms with E-state index in [0.717, 1.165) is 22.2 Å². The van der Waals surface area contributed by atoms with Gasteiger partial charge in [-0.25, -0.2) is 13.1 Å². The average Bonchev–Trinajstić information content (AvgIpc) is 3.14. The first-order valence-corrected chi connectivity index (χ1v) is 9.02. The molecule has 0 aliphatic carbocycles. The zero-order valence-electron chi connectivity index (χ0n) is 12.2. The minimum atomic E-state index is -3.46. The molecule has 116 valence electrons. The van der Waals surface area contributed by atoms with Crippen LogP contribution in [0.2, 0.25) is 0 Å². The number of methoxy groups -OCH3 is 1. The van der Waals surface area contributed by atoms with Crippen LogP contribution in [0, 0.1) is 0 Å². The number of ether oxygens (including phenoxy) is 1. The van der Waals surface area contributed by atoms with Gasteiger partial charge in [-0.15, -0.1) is 11.3 Å². The molecule has 2 aromatic heterocycles. The van der Waals surface area contributed by atoms with Gasteiger partial charge in [0.25, 0.3) is 0 Å². The molecule has 0 saturated carbocycles. The zero-order chi connectivity index (χ0) is 15.7. The van der Waals surface area contributed by atoms with Crippen molar-refractivity contribution >= 4 is 32.3 Å². The molecule has 5 nitrogen and oxygen atoms in total. The number of sulfonamides is 1. The highest BCUT2D eigenvalue weighted by Gasteiger charge is 2.16. The highest BCUT2D eigenvalue weighted by molar-refractivity contribution is 7.91. The molecule has 0 radical (unpaired) electrons. The molecule has 22 heavy (non-hydrogen) atoms.